The Bertz CT molecular complexity index is 1230. The van der Waals surface area contributed by atoms with Crippen molar-refractivity contribution in [3.05, 3.63) is 83.0 Å². The predicted octanol–water partition coefficient (Wildman–Crippen LogP) is 5.26. The van der Waals surface area contributed by atoms with Crippen molar-refractivity contribution in [2.24, 2.45) is 0 Å². The SMILES string of the molecule is O=[N+]([O-])c1ccccc1-c1cccc2c3cccc4ccn(c12)c43. The quantitative estimate of drug-likeness (QED) is 0.330. The van der Waals surface area contributed by atoms with Gasteiger partial charge < -0.3 is 4.40 Å². The molecule has 0 amide bonds. The molecule has 0 aliphatic carbocycles. The summed E-state index contributed by atoms with van der Waals surface area (Å²) in [5.41, 5.74) is 3.84. The van der Waals surface area contributed by atoms with Gasteiger partial charge in [0.15, 0.2) is 0 Å². The number of aromatic nitrogens is 1. The van der Waals surface area contributed by atoms with Gasteiger partial charge in [0, 0.05) is 34.0 Å². The minimum atomic E-state index is -0.317. The van der Waals surface area contributed by atoms with Gasteiger partial charge in [-0.05, 0) is 12.1 Å². The van der Waals surface area contributed by atoms with Crippen LogP contribution in [0.2, 0.25) is 0 Å². The van der Waals surface area contributed by atoms with Crippen LogP contribution in [0.25, 0.3) is 38.3 Å². The summed E-state index contributed by atoms with van der Waals surface area (Å²) in [6.07, 6.45) is 2.04. The van der Waals surface area contributed by atoms with Crippen LogP contribution in [-0.4, -0.2) is 9.32 Å². The van der Waals surface area contributed by atoms with E-state index in [-0.39, 0.29) is 10.6 Å². The first kappa shape index (κ1) is 13.1. The van der Waals surface area contributed by atoms with E-state index in [4.69, 9.17) is 0 Å². The summed E-state index contributed by atoms with van der Waals surface area (Å²) in [5.74, 6) is 0. The molecular weight excluding hydrogens is 300 g/mol. The average molecular weight is 312 g/mol. The summed E-state index contributed by atoms with van der Waals surface area (Å²) in [7, 11) is 0. The van der Waals surface area contributed by atoms with Crippen LogP contribution in [0.15, 0.2) is 72.9 Å². The molecule has 0 N–H and O–H groups in total. The number of nitro groups is 1. The molecule has 5 rings (SSSR count). The van der Waals surface area contributed by atoms with Crippen molar-refractivity contribution in [2.75, 3.05) is 0 Å². The number of hydrogen-bond donors (Lipinski definition) is 0. The van der Waals surface area contributed by atoms with Crippen LogP contribution in [0.4, 0.5) is 5.69 Å². The monoisotopic (exact) mass is 312 g/mol. The van der Waals surface area contributed by atoms with E-state index in [2.05, 4.69) is 34.7 Å². The summed E-state index contributed by atoms with van der Waals surface area (Å²) < 4.78 is 2.14. The lowest BCUT2D eigenvalue weighted by Gasteiger charge is -2.06. The number of benzene rings is 3. The van der Waals surface area contributed by atoms with Crippen molar-refractivity contribution in [2.45, 2.75) is 0 Å². The van der Waals surface area contributed by atoms with Gasteiger partial charge in [0.1, 0.15) is 0 Å². The molecule has 0 saturated heterocycles. The molecule has 4 nitrogen and oxygen atoms in total. The number of rotatable bonds is 2. The fourth-order valence-electron chi connectivity index (χ4n) is 3.70. The highest BCUT2D eigenvalue weighted by Gasteiger charge is 2.20. The van der Waals surface area contributed by atoms with E-state index in [1.165, 1.54) is 16.3 Å². The number of para-hydroxylation sites is 3. The number of nitro benzene ring substituents is 1. The molecule has 0 radical (unpaired) electrons. The second-order valence-corrected chi connectivity index (χ2v) is 5.91. The molecule has 114 valence electrons. The minimum absolute atomic E-state index is 0.130. The lowest BCUT2D eigenvalue weighted by Crippen LogP contribution is -1.92. The third-order valence-electron chi connectivity index (χ3n) is 4.67. The van der Waals surface area contributed by atoms with Crippen LogP contribution in [0, 0.1) is 10.1 Å². The first-order chi connectivity index (χ1) is 11.8. The summed E-state index contributed by atoms with van der Waals surface area (Å²) in [4.78, 5) is 11.1. The lowest BCUT2D eigenvalue weighted by molar-refractivity contribution is -0.384. The molecule has 0 unspecified atom stereocenters. The zero-order valence-corrected chi connectivity index (χ0v) is 12.6. The lowest BCUT2D eigenvalue weighted by atomic mass is 10.0. The zero-order chi connectivity index (χ0) is 16.3. The molecule has 4 heteroatoms. The molecule has 0 saturated carbocycles. The Morgan fingerprint density at radius 2 is 1.46 bits per heavy atom. The summed E-state index contributed by atoms with van der Waals surface area (Å²) in [6.45, 7) is 0. The first-order valence-corrected chi connectivity index (χ1v) is 7.73. The van der Waals surface area contributed by atoms with Crippen molar-refractivity contribution in [1.29, 1.82) is 0 Å². The second kappa shape index (κ2) is 4.55. The Kier molecular flexibility index (Phi) is 2.48. The smallest absolute Gasteiger partial charge is 0.277 e. The van der Waals surface area contributed by atoms with Gasteiger partial charge in [-0.25, -0.2) is 0 Å². The largest absolute Gasteiger partial charge is 0.315 e. The number of nitrogens with zero attached hydrogens (tertiary/aromatic N) is 2. The molecule has 0 aliphatic rings. The summed E-state index contributed by atoms with van der Waals surface area (Å²) >= 11 is 0. The zero-order valence-electron chi connectivity index (χ0n) is 12.6. The van der Waals surface area contributed by atoms with Gasteiger partial charge in [-0.15, -0.1) is 0 Å². The van der Waals surface area contributed by atoms with Gasteiger partial charge in [0.05, 0.1) is 21.5 Å². The standard InChI is InChI=1S/C20H12N2O2/c23-22(24)18-10-2-1-6-14(18)15-8-4-9-17-16-7-3-5-13-11-12-21(19(13)16)20(15)17/h1-12H. The van der Waals surface area contributed by atoms with E-state index in [0.717, 1.165) is 16.5 Å². The highest BCUT2D eigenvalue weighted by Crippen LogP contribution is 2.40. The number of fused-ring (bicyclic) bond motifs is 3. The highest BCUT2D eigenvalue weighted by atomic mass is 16.6. The van der Waals surface area contributed by atoms with E-state index < -0.39 is 0 Å². The van der Waals surface area contributed by atoms with E-state index in [1.54, 1.807) is 12.1 Å². The van der Waals surface area contributed by atoms with Crippen LogP contribution in [0.5, 0.6) is 0 Å². The molecule has 2 aromatic heterocycles. The molecule has 24 heavy (non-hydrogen) atoms. The van der Waals surface area contributed by atoms with Crippen molar-refractivity contribution in [1.82, 2.24) is 4.40 Å². The van der Waals surface area contributed by atoms with Gasteiger partial charge in [0.2, 0.25) is 0 Å². The van der Waals surface area contributed by atoms with Gasteiger partial charge >= 0.3 is 0 Å². The summed E-state index contributed by atoms with van der Waals surface area (Å²) in [5, 5.41) is 14.9. The molecule has 5 aromatic rings. The average Bonchev–Trinajstić information content (AvgIpc) is 3.18. The molecular formula is C20H12N2O2. The van der Waals surface area contributed by atoms with Crippen molar-refractivity contribution >= 4 is 32.9 Å². The van der Waals surface area contributed by atoms with Crippen LogP contribution >= 0.6 is 0 Å². The Morgan fingerprint density at radius 1 is 0.750 bits per heavy atom. The molecule has 0 bridgehead atoms. The third kappa shape index (κ3) is 1.57. The Balaban J connectivity index is 1.99. The molecule has 0 aliphatic heterocycles. The maximum Gasteiger partial charge on any atom is 0.277 e. The maximum absolute atomic E-state index is 11.5. The van der Waals surface area contributed by atoms with Gasteiger partial charge in [-0.1, -0.05) is 48.5 Å². The van der Waals surface area contributed by atoms with E-state index in [1.807, 2.05) is 30.5 Å². The van der Waals surface area contributed by atoms with Crippen LogP contribution < -0.4 is 0 Å². The van der Waals surface area contributed by atoms with Crippen LogP contribution in [0.3, 0.4) is 0 Å². The molecule has 0 spiro atoms. The Morgan fingerprint density at radius 3 is 2.29 bits per heavy atom. The number of hydrogen-bond acceptors (Lipinski definition) is 2. The molecule has 0 fully saturated rings. The van der Waals surface area contributed by atoms with E-state index in [9.17, 15) is 10.1 Å². The fourth-order valence-corrected chi connectivity index (χ4v) is 3.70. The third-order valence-corrected chi connectivity index (χ3v) is 4.67. The molecule has 3 aromatic carbocycles. The molecule has 0 atom stereocenters. The minimum Gasteiger partial charge on any atom is -0.315 e. The Labute approximate surface area is 137 Å². The highest BCUT2D eigenvalue weighted by molar-refractivity contribution is 6.17. The van der Waals surface area contributed by atoms with Crippen LogP contribution in [0.1, 0.15) is 0 Å². The molecule has 2 heterocycles. The van der Waals surface area contributed by atoms with E-state index in [0.29, 0.717) is 5.56 Å². The second-order valence-electron chi connectivity index (χ2n) is 5.91. The Hall–Kier alpha value is -3.40. The van der Waals surface area contributed by atoms with Gasteiger partial charge in [-0.3, -0.25) is 10.1 Å². The topological polar surface area (TPSA) is 47.5 Å². The first-order valence-electron chi connectivity index (χ1n) is 7.73. The maximum atomic E-state index is 11.5. The van der Waals surface area contributed by atoms with Crippen LogP contribution in [-0.2, 0) is 0 Å². The van der Waals surface area contributed by atoms with Crippen molar-refractivity contribution in [3.8, 4) is 11.1 Å². The van der Waals surface area contributed by atoms with Crippen molar-refractivity contribution in [3.63, 3.8) is 0 Å². The normalized spacial score (nSPS) is 11.7. The fraction of sp³-hybridized carbons (Fsp3) is 0. The van der Waals surface area contributed by atoms with Gasteiger partial charge in [0.25, 0.3) is 5.69 Å². The van der Waals surface area contributed by atoms with E-state index >= 15 is 0 Å². The summed E-state index contributed by atoms with van der Waals surface area (Å²) in [6, 6.07) is 21.2. The predicted molar refractivity (Wildman–Crippen MR) is 95.7 cm³/mol. The van der Waals surface area contributed by atoms with Crippen molar-refractivity contribution < 1.29 is 4.92 Å². The van der Waals surface area contributed by atoms with Gasteiger partial charge in [-0.2, -0.15) is 0 Å².